The molecule has 0 N–H and O–H groups in total. The number of rotatable bonds is 8. The van der Waals surface area contributed by atoms with Gasteiger partial charge in [-0.25, -0.2) is 13.2 Å². The molecule has 0 atom stereocenters. The molecule has 1 aliphatic heterocycles. The maximum atomic E-state index is 12.9. The van der Waals surface area contributed by atoms with Crippen molar-refractivity contribution in [3.63, 3.8) is 0 Å². The van der Waals surface area contributed by atoms with Crippen molar-refractivity contribution in [2.24, 2.45) is 0 Å². The van der Waals surface area contributed by atoms with E-state index in [1.807, 2.05) is 0 Å². The molecule has 0 aliphatic carbocycles. The normalized spacial score (nSPS) is 14.5. The minimum Gasteiger partial charge on any atom is -0.497 e. The van der Waals surface area contributed by atoms with Gasteiger partial charge in [0.25, 0.3) is 5.89 Å². The second-order valence-electron chi connectivity index (χ2n) is 7.65. The number of carbonyl (C=O) groups is 1. The van der Waals surface area contributed by atoms with Crippen LogP contribution >= 0.6 is 0 Å². The van der Waals surface area contributed by atoms with Gasteiger partial charge in [0.15, 0.2) is 6.61 Å². The number of esters is 1. The predicted octanol–water partition coefficient (Wildman–Crippen LogP) is 3.29. The van der Waals surface area contributed by atoms with Crippen molar-refractivity contribution in [3.05, 3.63) is 53.9 Å². The average Bonchev–Trinajstić information content (AvgIpc) is 3.36. The minimum atomic E-state index is -3.66. The van der Waals surface area contributed by atoms with Gasteiger partial charge in [-0.05, 0) is 43.2 Å². The first kappa shape index (κ1) is 23.7. The number of carbonyl (C=O) groups excluding carboxylic acids is 1. The lowest BCUT2D eigenvalue weighted by Gasteiger charge is -2.25. The number of methoxy groups -OCH3 is 2. The molecule has 3 aromatic rings. The molecule has 2 aromatic carbocycles. The molecular weight excluding hydrogens is 462 g/mol. The molecule has 0 bridgehead atoms. The summed E-state index contributed by atoms with van der Waals surface area (Å²) < 4.78 is 48.2. The van der Waals surface area contributed by atoms with Gasteiger partial charge in [-0.1, -0.05) is 17.6 Å². The zero-order chi connectivity index (χ0) is 24.1. The Kier molecular flexibility index (Phi) is 7.13. The van der Waals surface area contributed by atoms with Gasteiger partial charge in [-0.3, -0.25) is 0 Å². The van der Waals surface area contributed by atoms with E-state index in [9.17, 15) is 13.2 Å². The highest BCUT2D eigenvalue weighted by molar-refractivity contribution is 7.89. The van der Waals surface area contributed by atoms with Gasteiger partial charge < -0.3 is 18.7 Å². The van der Waals surface area contributed by atoms with Crippen molar-refractivity contribution in [2.75, 3.05) is 27.3 Å². The molecular formula is C23H25N3O7S. The first-order valence-corrected chi connectivity index (χ1v) is 12.2. The summed E-state index contributed by atoms with van der Waals surface area (Å²) in [5.41, 5.74) is 0.704. The first-order valence-electron chi connectivity index (χ1n) is 10.7. The van der Waals surface area contributed by atoms with Crippen LogP contribution in [0.15, 0.2) is 51.9 Å². The molecule has 10 nitrogen and oxygen atoms in total. The van der Waals surface area contributed by atoms with Crippen molar-refractivity contribution < 1.29 is 31.9 Å². The standard InChI is InChI=1S/C23H25N3O7S/c1-30-17-9-10-19(20(14-17)31-2)22-24-21(33-25-22)15-32-23(27)16-7-6-8-18(13-16)34(28,29)26-11-4-3-5-12-26/h6-10,13-14H,3-5,11-12,15H2,1-2H3. The number of hydrogen-bond acceptors (Lipinski definition) is 9. The number of sulfonamides is 1. The van der Waals surface area contributed by atoms with Crippen molar-refractivity contribution in [1.82, 2.24) is 14.4 Å². The van der Waals surface area contributed by atoms with Crippen LogP contribution in [-0.4, -0.2) is 56.1 Å². The van der Waals surface area contributed by atoms with Crippen LogP contribution in [0, 0.1) is 0 Å². The highest BCUT2D eigenvalue weighted by atomic mass is 32.2. The summed E-state index contributed by atoms with van der Waals surface area (Å²) in [7, 11) is -0.596. The van der Waals surface area contributed by atoms with Gasteiger partial charge in [0.05, 0.1) is 30.2 Å². The lowest BCUT2D eigenvalue weighted by Crippen LogP contribution is -2.35. The fourth-order valence-electron chi connectivity index (χ4n) is 3.65. The quantitative estimate of drug-likeness (QED) is 0.441. The molecule has 180 valence electrons. The molecule has 1 aliphatic rings. The fourth-order valence-corrected chi connectivity index (χ4v) is 5.22. The van der Waals surface area contributed by atoms with Crippen LogP contribution in [0.5, 0.6) is 11.5 Å². The van der Waals surface area contributed by atoms with Gasteiger partial charge in [0, 0.05) is 19.2 Å². The van der Waals surface area contributed by atoms with E-state index >= 15 is 0 Å². The number of nitrogens with zero attached hydrogens (tertiary/aromatic N) is 3. The van der Waals surface area contributed by atoms with Crippen molar-refractivity contribution in [1.29, 1.82) is 0 Å². The van der Waals surface area contributed by atoms with E-state index in [2.05, 4.69) is 10.1 Å². The fraction of sp³-hybridized carbons (Fsp3) is 0.348. The summed E-state index contributed by atoms with van der Waals surface area (Å²) in [6.45, 7) is 0.693. The van der Waals surface area contributed by atoms with Gasteiger partial charge >= 0.3 is 5.97 Å². The molecule has 1 saturated heterocycles. The largest absolute Gasteiger partial charge is 0.497 e. The summed E-state index contributed by atoms with van der Waals surface area (Å²) in [6.07, 6.45) is 2.67. The van der Waals surface area contributed by atoms with Crippen LogP contribution in [0.4, 0.5) is 0 Å². The van der Waals surface area contributed by atoms with Crippen molar-refractivity contribution in [2.45, 2.75) is 30.8 Å². The predicted molar refractivity (Wildman–Crippen MR) is 121 cm³/mol. The van der Waals surface area contributed by atoms with Crippen molar-refractivity contribution in [3.8, 4) is 22.9 Å². The monoisotopic (exact) mass is 487 g/mol. The molecule has 0 spiro atoms. The van der Waals surface area contributed by atoms with E-state index < -0.39 is 16.0 Å². The molecule has 4 rings (SSSR count). The van der Waals surface area contributed by atoms with Crippen LogP contribution in [0.3, 0.4) is 0 Å². The molecule has 1 aromatic heterocycles. The number of piperidine rings is 1. The second kappa shape index (κ2) is 10.2. The van der Waals surface area contributed by atoms with Crippen LogP contribution in [0.2, 0.25) is 0 Å². The van der Waals surface area contributed by atoms with Crippen LogP contribution < -0.4 is 9.47 Å². The molecule has 0 amide bonds. The van der Waals surface area contributed by atoms with Crippen LogP contribution in [0.1, 0.15) is 35.5 Å². The summed E-state index contributed by atoms with van der Waals surface area (Å²) in [5, 5.41) is 3.92. The topological polar surface area (TPSA) is 121 Å². The molecule has 0 radical (unpaired) electrons. The Morgan fingerprint density at radius 2 is 1.85 bits per heavy atom. The third kappa shape index (κ3) is 5.05. The third-order valence-corrected chi connectivity index (χ3v) is 7.36. The Bertz CT molecular complexity index is 1270. The average molecular weight is 488 g/mol. The van der Waals surface area contributed by atoms with Gasteiger partial charge in [0.1, 0.15) is 11.5 Å². The SMILES string of the molecule is COc1ccc(-c2noc(COC(=O)c3cccc(S(=O)(=O)N4CCCCC4)c3)n2)c(OC)c1. The molecule has 2 heterocycles. The Morgan fingerprint density at radius 1 is 1.06 bits per heavy atom. The number of hydrogen-bond donors (Lipinski definition) is 0. The smallest absolute Gasteiger partial charge is 0.338 e. The maximum absolute atomic E-state index is 12.9. The van der Waals surface area contributed by atoms with Crippen molar-refractivity contribution >= 4 is 16.0 Å². The van der Waals surface area contributed by atoms with Gasteiger partial charge in [0.2, 0.25) is 15.8 Å². The maximum Gasteiger partial charge on any atom is 0.338 e. The molecule has 0 saturated carbocycles. The van der Waals surface area contributed by atoms with Gasteiger partial charge in [-0.15, -0.1) is 0 Å². The molecule has 1 fully saturated rings. The Labute approximate surface area is 197 Å². The van der Waals surface area contributed by atoms with E-state index in [1.54, 1.807) is 25.3 Å². The Balaban J connectivity index is 1.44. The number of ether oxygens (including phenoxy) is 3. The van der Waals surface area contributed by atoms with E-state index in [1.165, 1.54) is 35.7 Å². The summed E-state index contributed by atoms with van der Waals surface area (Å²) in [4.78, 5) is 16.9. The summed E-state index contributed by atoms with van der Waals surface area (Å²) in [6, 6.07) is 11.0. The lowest BCUT2D eigenvalue weighted by molar-refractivity contribution is 0.0429. The lowest BCUT2D eigenvalue weighted by atomic mass is 10.2. The highest BCUT2D eigenvalue weighted by Gasteiger charge is 2.26. The zero-order valence-corrected chi connectivity index (χ0v) is 19.7. The van der Waals surface area contributed by atoms with Gasteiger partial charge in [-0.2, -0.15) is 9.29 Å². The van der Waals surface area contributed by atoms with E-state index in [0.717, 1.165) is 19.3 Å². The number of benzene rings is 2. The first-order chi connectivity index (χ1) is 16.4. The van der Waals surface area contributed by atoms with E-state index in [4.69, 9.17) is 18.7 Å². The zero-order valence-electron chi connectivity index (χ0n) is 18.9. The summed E-state index contributed by atoms with van der Waals surface area (Å²) >= 11 is 0. The van der Waals surface area contributed by atoms with E-state index in [0.29, 0.717) is 30.2 Å². The number of aromatic nitrogens is 2. The summed E-state index contributed by atoms with van der Waals surface area (Å²) in [5.74, 6) is 0.758. The Morgan fingerprint density at radius 3 is 2.59 bits per heavy atom. The molecule has 34 heavy (non-hydrogen) atoms. The van der Waals surface area contributed by atoms with E-state index in [-0.39, 0.29) is 28.8 Å². The van der Waals surface area contributed by atoms with Crippen LogP contribution in [0.25, 0.3) is 11.4 Å². The van der Waals surface area contributed by atoms with Crippen LogP contribution in [-0.2, 0) is 21.4 Å². The molecule has 11 heteroatoms. The molecule has 0 unspecified atom stereocenters. The second-order valence-corrected chi connectivity index (χ2v) is 9.58. The third-order valence-electron chi connectivity index (χ3n) is 5.47. The highest BCUT2D eigenvalue weighted by Crippen LogP contribution is 2.31. The minimum absolute atomic E-state index is 0.0653. The Hall–Kier alpha value is -3.44.